The van der Waals surface area contributed by atoms with E-state index in [-0.39, 0.29) is 68.4 Å². The van der Waals surface area contributed by atoms with Crippen molar-refractivity contribution < 1.29 is 27.3 Å². The summed E-state index contributed by atoms with van der Waals surface area (Å²) < 4.78 is 105. The van der Waals surface area contributed by atoms with Crippen LogP contribution in [-0.4, -0.2) is 15.8 Å². The van der Waals surface area contributed by atoms with Gasteiger partial charge < -0.3 is 36.6 Å². The van der Waals surface area contributed by atoms with E-state index in [1.54, 1.807) is 4.57 Å². The summed E-state index contributed by atoms with van der Waals surface area (Å²) in [7, 11) is 0. The highest BCUT2D eigenvalue weighted by molar-refractivity contribution is 7.00. The predicted octanol–water partition coefficient (Wildman–Crippen LogP) is 33.8. The Morgan fingerprint density at radius 1 is 0.248 bits per heavy atom. The number of anilines is 6. The van der Waals surface area contributed by atoms with Crippen LogP contribution in [0.5, 0.6) is 0 Å². The number of rotatable bonds is 11. The number of hydrogen-bond donors (Lipinski definition) is 0. The van der Waals surface area contributed by atoms with Gasteiger partial charge in [0.15, 0.2) is 0 Å². The number of benzene rings is 20. The van der Waals surface area contributed by atoms with Crippen LogP contribution in [0, 0.1) is 0 Å². The van der Waals surface area contributed by atoms with Crippen molar-refractivity contribution in [2.45, 2.75) is 52.4 Å². The lowest BCUT2D eigenvalue weighted by atomic mass is 9.33. The number of hydrogen-bond acceptors (Lipinski definition) is 6. The van der Waals surface area contributed by atoms with Crippen LogP contribution in [0.2, 0.25) is 0 Å². The van der Waals surface area contributed by atoms with Crippen molar-refractivity contribution >= 4 is 189 Å². The summed E-state index contributed by atoms with van der Waals surface area (Å²) >= 11 is 0. The second-order valence-corrected chi connectivity index (χ2v) is 38.7. The first-order valence-electron chi connectivity index (χ1n) is 50.5. The molecule has 646 valence electrons. The maximum atomic E-state index is 10.9. The lowest BCUT2D eigenvalue weighted by Crippen LogP contribution is -2.61. The molecule has 8 heterocycles. The fraction of sp³-hybridized carbons (Fsp3) is 0.0625. The Balaban J connectivity index is 0.842. The number of para-hydroxylation sites is 9. The van der Waals surface area contributed by atoms with E-state index in [1.807, 2.05) is 66.7 Å². The average molecular weight is 1760 g/mol. The van der Waals surface area contributed by atoms with Crippen LogP contribution >= 0.6 is 0 Å². The van der Waals surface area contributed by atoms with E-state index in [9.17, 15) is 9.60 Å². The Labute approximate surface area is 800 Å². The summed E-state index contributed by atoms with van der Waals surface area (Å²) in [6, 6.07) is 131. The molecule has 0 spiro atoms. The molecule has 137 heavy (non-hydrogen) atoms. The number of fused-ring (bicyclic) bond motifs is 22. The minimum Gasteiger partial charge on any atom is -0.455 e. The summed E-state index contributed by atoms with van der Waals surface area (Å²) in [6.45, 7) is 13.1. The molecule has 0 radical (unpaired) electrons. The third kappa shape index (κ3) is 11.9. The SMILES string of the molecule is [2H]c1c([2H])c([2H])c2c(c1[2H])c1c([2H])c([2H])c(-c3ccccc3)c([2H])c1n2-c1ccc2c(c1)N(c1c(-c3cccc4c3oc3ccccc34)cc(-c3ccccc3)c3oc4ccccc4c13)c1cc(-c3cc(C(C)(C)C)cc(C(C)(C)C)c3)cc3c1B2c1ccc(-c2ccc(-n4c5ccccc5c5ccccc54)cc2)cc1N3c1c(-c2cccc3c2oc2ccccc23)cc(-c2ccccc2)c2oc3ccccc3c12. The molecule has 0 saturated carbocycles. The third-order valence-electron chi connectivity index (χ3n) is 28.8. The topological polar surface area (TPSA) is 68.9 Å². The standard InChI is InChI=1S/C128H87BN4O4/c1-127(2,3)84-66-82(67-85(72-84)128(4,5)6)83-70-112-120-113(71-83)133(122-103(97-48-31-46-95-93-42-20-27-53-115(93)135-124(95)97)75-101(79-36-14-9-15-37-79)126-119(122)99-44-22-29-55-117(99)137-126)111-73-87(131-108-51-25-18-40-90(108)91-63-58-80(68-109(91)131)76-32-10-7-11-33-76)62-65-105(111)129(120)104-64-59-81(77-56-60-86(61-57-77)130-106-49-23-16-38-88(106)89-39-17-24-50-107(89)130)69-110(104)132(112)121-102(96-47-30-45-94-92-41-19-26-52-114(92)134-123(94)96)74-100(78-34-12-8-13-35-78)125-118(121)98-43-21-28-54-116(98)136-125/h7-75H,1-6H3/i18D,25D,40D,51D,58D,63D,68D. The molecule has 0 unspecified atom stereocenters. The van der Waals surface area contributed by atoms with Crippen molar-refractivity contribution in [3.05, 3.63) is 430 Å². The second-order valence-electron chi connectivity index (χ2n) is 38.7. The van der Waals surface area contributed by atoms with E-state index in [2.05, 4.69) is 365 Å². The first-order chi connectivity index (χ1) is 70.1. The molecule has 28 rings (SSSR count). The van der Waals surface area contributed by atoms with Crippen molar-refractivity contribution in [1.29, 1.82) is 0 Å². The van der Waals surface area contributed by atoms with E-state index in [1.165, 1.54) is 10.8 Å². The zero-order chi connectivity index (χ0) is 97.0. The molecule has 2 aliphatic rings. The van der Waals surface area contributed by atoms with Gasteiger partial charge in [0.1, 0.15) is 44.7 Å². The zero-order valence-corrected chi connectivity index (χ0v) is 75.8. The van der Waals surface area contributed by atoms with Gasteiger partial charge in [0, 0.05) is 121 Å². The summed E-state index contributed by atoms with van der Waals surface area (Å²) in [4.78, 5) is 5.05. The fourth-order valence-corrected chi connectivity index (χ4v) is 22.4. The molecule has 26 aromatic rings. The third-order valence-corrected chi connectivity index (χ3v) is 28.8. The molecule has 2 aliphatic heterocycles. The van der Waals surface area contributed by atoms with Gasteiger partial charge in [-0.2, -0.15) is 0 Å². The maximum absolute atomic E-state index is 10.9. The van der Waals surface area contributed by atoms with E-state index in [4.69, 9.17) is 17.7 Å². The Hall–Kier alpha value is -17.1. The summed E-state index contributed by atoms with van der Waals surface area (Å²) in [6.07, 6.45) is 0. The van der Waals surface area contributed by atoms with Crippen LogP contribution in [0.15, 0.2) is 436 Å². The van der Waals surface area contributed by atoms with Gasteiger partial charge in [-0.05, 0) is 186 Å². The van der Waals surface area contributed by atoms with Gasteiger partial charge in [-0.15, -0.1) is 0 Å². The average Bonchev–Trinajstić information content (AvgIpc) is 0.686. The first kappa shape index (κ1) is 71.5. The van der Waals surface area contributed by atoms with Crippen LogP contribution in [0.4, 0.5) is 34.1 Å². The number of furan rings is 4. The first-order valence-corrected chi connectivity index (χ1v) is 47.0. The maximum Gasteiger partial charge on any atom is 0.252 e. The van der Waals surface area contributed by atoms with Crippen LogP contribution in [0.1, 0.15) is 62.3 Å². The van der Waals surface area contributed by atoms with E-state index in [0.29, 0.717) is 50.4 Å². The van der Waals surface area contributed by atoms with Crippen LogP contribution in [-0.2, 0) is 10.8 Å². The lowest BCUT2D eigenvalue weighted by molar-refractivity contribution is 0.569. The molecule has 0 aliphatic carbocycles. The number of aromatic nitrogens is 2. The molecular weight excluding hydrogens is 1670 g/mol. The lowest BCUT2D eigenvalue weighted by Gasteiger charge is -2.45. The molecule has 6 aromatic heterocycles. The van der Waals surface area contributed by atoms with Crippen molar-refractivity contribution in [2.24, 2.45) is 0 Å². The molecule has 9 heteroatoms. The highest BCUT2D eigenvalue weighted by Gasteiger charge is 2.47. The summed E-state index contributed by atoms with van der Waals surface area (Å²) in [5, 5.41) is 9.62. The van der Waals surface area contributed by atoms with E-state index >= 15 is 0 Å². The normalized spacial score (nSPS) is 13.6. The monoisotopic (exact) mass is 1760 g/mol. The van der Waals surface area contributed by atoms with Gasteiger partial charge in [0.05, 0.1) is 53.8 Å². The molecule has 0 fully saturated rings. The molecule has 0 amide bonds. The van der Waals surface area contributed by atoms with Crippen molar-refractivity contribution in [3.8, 4) is 89.3 Å². The van der Waals surface area contributed by atoms with Gasteiger partial charge in [0.25, 0.3) is 6.71 Å². The van der Waals surface area contributed by atoms with Crippen molar-refractivity contribution in [3.63, 3.8) is 0 Å². The Bertz CT molecular complexity index is 9970. The minimum atomic E-state index is -0.684. The van der Waals surface area contributed by atoms with Crippen molar-refractivity contribution in [1.82, 2.24) is 9.13 Å². The van der Waals surface area contributed by atoms with E-state index < -0.39 is 18.8 Å². The molecule has 0 N–H and O–H groups in total. The molecule has 8 nitrogen and oxygen atoms in total. The highest BCUT2D eigenvalue weighted by Crippen LogP contribution is 2.60. The molecule has 0 saturated heterocycles. The Morgan fingerprint density at radius 2 is 0.650 bits per heavy atom. The largest absolute Gasteiger partial charge is 0.455 e. The quantitative estimate of drug-likeness (QED) is 0.120. The molecule has 0 atom stereocenters. The molecule has 20 aromatic carbocycles. The second kappa shape index (κ2) is 29.7. The van der Waals surface area contributed by atoms with Gasteiger partial charge >= 0.3 is 0 Å². The zero-order valence-electron chi connectivity index (χ0n) is 82.8. The smallest absolute Gasteiger partial charge is 0.252 e. The highest BCUT2D eigenvalue weighted by atomic mass is 16.3. The Morgan fingerprint density at radius 3 is 1.18 bits per heavy atom. The molecule has 0 bridgehead atoms. The van der Waals surface area contributed by atoms with Gasteiger partial charge in [-0.3, -0.25) is 0 Å². The van der Waals surface area contributed by atoms with Crippen molar-refractivity contribution in [2.75, 3.05) is 9.80 Å². The Kier molecular flexibility index (Phi) is 15.5. The fourth-order valence-electron chi connectivity index (χ4n) is 22.4. The van der Waals surface area contributed by atoms with Crippen LogP contribution < -0.4 is 26.2 Å². The predicted molar refractivity (Wildman–Crippen MR) is 574 cm³/mol. The van der Waals surface area contributed by atoms with Crippen LogP contribution in [0.3, 0.4) is 0 Å². The minimum absolute atomic E-state index is 0.0268. The van der Waals surface area contributed by atoms with Gasteiger partial charge in [0.2, 0.25) is 0 Å². The van der Waals surface area contributed by atoms with Gasteiger partial charge in [-0.25, -0.2) is 0 Å². The number of nitrogens with zero attached hydrogens (tertiary/aromatic N) is 4. The molecular formula is C128H87BN4O4. The summed E-state index contributed by atoms with van der Waals surface area (Å²) in [5.41, 5.74) is 29.8. The van der Waals surface area contributed by atoms with Crippen LogP contribution in [0.25, 0.3) is 221 Å². The van der Waals surface area contributed by atoms with Gasteiger partial charge in [-0.1, -0.05) is 357 Å². The summed E-state index contributed by atoms with van der Waals surface area (Å²) in [5.74, 6) is 0. The van der Waals surface area contributed by atoms with E-state index in [0.717, 1.165) is 194 Å².